The summed E-state index contributed by atoms with van der Waals surface area (Å²) >= 11 is 0. The van der Waals surface area contributed by atoms with Crippen LogP contribution in [0.3, 0.4) is 0 Å². The molecule has 1 atom stereocenters. The first-order valence-corrected chi connectivity index (χ1v) is 10.2. The van der Waals surface area contributed by atoms with Crippen LogP contribution in [0.25, 0.3) is 22.2 Å². The van der Waals surface area contributed by atoms with E-state index in [4.69, 9.17) is 13.9 Å². The molecule has 3 heterocycles. The van der Waals surface area contributed by atoms with Crippen molar-refractivity contribution >= 4 is 17.1 Å². The van der Waals surface area contributed by atoms with E-state index in [-0.39, 0.29) is 12.2 Å². The molecular weight excluding hydrogens is 384 g/mol. The number of piperidine rings is 1. The van der Waals surface area contributed by atoms with Crippen LogP contribution < -0.4 is 0 Å². The summed E-state index contributed by atoms with van der Waals surface area (Å²) in [7, 11) is 1.87. The molecule has 0 bridgehead atoms. The number of ether oxygens (including phenoxy) is 2. The van der Waals surface area contributed by atoms with Gasteiger partial charge in [0.15, 0.2) is 0 Å². The Morgan fingerprint density at radius 1 is 1.33 bits per heavy atom. The quantitative estimate of drug-likeness (QED) is 0.640. The molecule has 1 aliphatic heterocycles. The molecule has 1 aliphatic rings. The number of rotatable bonds is 4. The molecule has 8 heteroatoms. The second-order valence-corrected chi connectivity index (χ2v) is 8.72. The van der Waals surface area contributed by atoms with Gasteiger partial charge in [-0.25, -0.2) is 9.48 Å². The topological polar surface area (TPSA) is 82.6 Å². The summed E-state index contributed by atoms with van der Waals surface area (Å²) < 4.78 is 19.2. The average molecular weight is 412 g/mol. The van der Waals surface area contributed by atoms with Crippen molar-refractivity contribution in [1.29, 1.82) is 0 Å². The Kier molecular flexibility index (Phi) is 5.51. The van der Waals surface area contributed by atoms with Gasteiger partial charge in [-0.1, -0.05) is 5.21 Å². The van der Waals surface area contributed by atoms with Crippen LogP contribution in [0.2, 0.25) is 0 Å². The summed E-state index contributed by atoms with van der Waals surface area (Å²) in [5, 5.41) is 9.00. The second kappa shape index (κ2) is 8.10. The molecular formula is C22H28N4O4. The highest BCUT2D eigenvalue weighted by Gasteiger charge is 2.28. The Morgan fingerprint density at radius 3 is 2.90 bits per heavy atom. The van der Waals surface area contributed by atoms with Gasteiger partial charge in [0.2, 0.25) is 0 Å². The number of fused-ring (bicyclic) bond motifs is 1. The molecule has 0 aliphatic carbocycles. The predicted octanol–water partition coefficient (Wildman–Crippen LogP) is 4.14. The van der Waals surface area contributed by atoms with Crippen molar-refractivity contribution in [3.8, 4) is 11.3 Å². The molecule has 0 radical (unpaired) electrons. The van der Waals surface area contributed by atoms with Crippen molar-refractivity contribution in [3.05, 3.63) is 36.2 Å². The number of hydrogen-bond donors (Lipinski definition) is 0. The Labute approximate surface area is 175 Å². The van der Waals surface area contributed by atoms with E-state index in [1.54, 1.807) is 22.0 Å². The largest absolute Gasteiger partial charge is 0.464 e. The van der Waals surface area contributed by atoms with E-state index in [0.717, 1.165) is 40.6 Å². The minimum atomic E-state index is -0.503. The van der Waals surface area contributed by atoms with E-state index in [1.807, 2.05) is 33.9 Å². The van der Waals surface area contributed by atoms with Crippen LogP contribution in [0.1, 0.15) is 39.2 Å². The van der Waals surface area contributed by atoms with Crippen LogP contribution in [0, 0.1) is 0 Å². The zero-order chi connectivity index (χ0) is 21.3. The minimum Gasteiger partial charge on any atom is -0.464 e. The van der Waals surface area contributed by atoms with Crippen LogP contribution in [0.4, 0.5) is 4.79 Å². The lowest BCUT2D eigenvalue weighted by Crippen LogP contribution is -2.45. The van der Waals surface area contributed by atoms with Crippen molar-refractivity contribution in [2.24, 2.45) is 7.05 Å². The normalized spacial score (nSPS) is 17.5. The Hall–Kier alpha value is -2.87. The Balaban J connectivity index is 1.47. The smallest absolute Gasteiger partial charge is 0.410 e. The number of benzene rings is 1. The Morgan fingerprint density at radius 2 is 2.17 bits per heavy atom. The molecule has 4 rings (SSSR count). The molecule has 160 valence electrons. The van der Waals surface area contributed by atoms with Crippen molar-refractivity contribution in [1.82, 2.24) is 19.9 Å². The molecule has 0 saturated carbocycles. The molecule has 30 heavy (non-hydrogen) atoms. The predicted molar refractivity (Wildman–Crippen MR) is 112 cm³/mol. The fourth-order valence-corrected chi connectivity index (χ4v) is 3.74. The summed E-state index contributed by atoms with van der Waals surface area (Å²) in [5.74, 6) is 0. The molecule has 0 unspecified atom stereocenters. The van der Waals surface area contributed by atoms with E-state index in [9.17, 15) is 4.79 Å². The molecule has 1 fully saturated rings. The van der Waals surface area contributed by atoms with Crippen molar-refractivity contribution < 1.29 is 18.7 Å². The SMILES string of the molecule is Cn1nncc1-c1cc(CO[C@H]2CCCN(C(=O)OC(C)(C)C)C2)c2occc2c1. The number of nitrogens with zero attached hydrogens (tertiary/aromatic N) is 4. The third-order valence-electron chi connectivity index (χ3n) is 5.14. The molecule has 3 aromatic rings. The first-order chi connectivity index (χ1) is 14.3. The fraction of sp³-hybridized carbons (Fsp3) is 0.500. The first kappa shape index (κ1) is 20.4. The van der Waals surface area contributed by atoms with Crippen molar-refractivity contribution in [3.63, 3.8) is 0 Å². The number of carbonyl (C=O) groups is 1. The van der Waals surface area contributed by atoms with Crippen LogP contribution in [-0.2, 0) is 23.1 Å². The lowest BCUT2D eigenvalue weighted by atomic mass is 10.0. The molecule has 1 saturated heterocycles. The number of carbonyl (C=O) groups excluding carboxylic acids is 1. The number of aryl methyl sites for hydroxylation is 1. The van der Waals surface area contributed by atoms with Crippen LogP contribution in [-0.4, -0.2) is 50.8 Å². The molecule has 1 aromatic carbocycles. The van der Waals surface area contributed by atoms with Crippen LogP contribution >= 0.6 is 0 Å². The number of aromatic nitrogens is 3. The highest BCUT2D eigenvalue weighted by molar-refractivity contribution is 5.85. The van der Waals surface area contributed by atoms with Crippen LogP contribution in [0.15, 0.2) is 35.1 Å². The van der Waals surface area contributed by atoms with Gasteiger partial charge in [-0.15, -0.1) is 5.10 Å². The summed E-state index contributed by atoms with van der Waals surface area (Å²) in [5.41, 5.74) is 3.20. The number of furan rings is 1. The third-order valence-corrected chi connectivity index (χ3v) is 5.14. The lowest BCUT2D eigenvalue weighted by molar-refractivity contribution is -0.0257. The first-order valence-electron chi connectivity index (χ1n) is 10.2. The van der Waals surface area contributed by atoms with Gasteiger partial charge < -0.3 is 18.8 Å². The summed E-state index contributed by atoms with van der Waals surface area (Å²) in [6, 6.07) is 6.06. The fourth-order valence-electron chi connectivity index (χ4n) is 3.74. The molecule has 0 N–H and O–H groups in total. The zero-order valence-electron chi connectivity index (χ0n) is 17.9. The summed E-state index contributed by atoms with van der Waals surface area (Å²) in [6.07, 6.45) is 4.90. The average Bonchev–Trinajstić information content (AvgIpc) is 3.33. The summed E-state index contributed by atoms with van der Waals surface area (Å²) in [6.45, 7) is 7.25. The highest BCUT2D eigenvalue weighted by Crippen LogP contribution is 2.29. The monoisotopic (exact) mass is 412 g/mol. The maximum Gasteiger partial charge on any atom is 0.410 e. The number of amides is 1. The van der Waals surface area contributed by atoms with Gasteiger partial charge in [0.05, 0.1) is 37.4 Å². The molecule has 8 nitrogen and oxygen atoms in total. The molecule has 0 spiro atoms. The molecule has 2 aromatic heterocycles. The minimum absolute atomic E-state index is 0.0432. The van der Waals surface area contributed by atoms with E-state index < -0.39 is 5.60 Å². The number of hydrogen-bond acceptors (Lipinski definition) is 6. The summed E-state index contributed by atoms with van der Waals surface area (Å²) in [4.78, 5) is 14.1. The van der Waals surface area contributed by atoms with Gasteiger partial charge in [-0.2, -0.15) is 0 Å². The van der Waals surface area contributed by atoms with Crippen molar-refractivity contribution in [2.45, 2.75) is 51.9 Å². The van der Waals surface area contributed by atoms with E-state index in [0.29, 0.717) is 19.7 Å². The van der Waals surface area contributed by atoms with Gasteiger partial charge in [0, 0.05) is 30.1 Å². The van der Waals surface area contributed by atoms with Gasteiger partial charge in [-0.05, 0) is 51.8 Å². The standard InChI is InChI=1S/C22H28N4O4/c1-22(2,3)30-21(27)26-8-5-6-18(13-26)29-14-17-11-16(19-12-23-24-25(19)4)10-15-7-9-28-20(15)17/h7,9-12,18H,5-6,8,13-14H2,1-4H3/t18-/m0/s1. The second-order valence-electron chi connectivity index (χ2n) is 8.72. The van der Waals surface area contributed by atoms with Gasteiger partial charge in [0.25, 0.3) is 0 Å². The van der Waals surface area contributed by atoms with E-state index in [1.165, 1.54) is 0 Å². The van der Waals surface area contributed by atoms with Crippen molar-refractivity contribution in [2.75, 3.05) is 13.1 Å². The lowest BCUT2D eigenvalue weighted by Gasteiger charge is -2.34. The highest BCUT2D eigenvalue weighted by atomic mass is 16.6. The maximum atomic E-state index is 12.4. The molecule has 1 amide bonds. The van der Waals surface area contributed by atoms with Crippen LogP contribution in [0.5, 0.6) is 0 Å². The van der Waals surface area contributed by atoms with Gasteiger partial charge in [0.1, 0.15) is 11.2 Å². The third kappa shape index (κ3) is 4.48. The van der Waals surface area contributed by atoms with Gasteiger partial charge >= 0.3 is 6.09 Å². The number of likely N-dealkylation sites (tertiary alicyclic amines) is 1. The zero-order valence-corrected chi connectivity index (χ0v) is 17.9. The van der Waals surface area contributed by atoms with E-state index in [2.05, 4.69) is 22.4 Å². The maximum absolute atomic E-state index is 12.4. The Bertz CT molecular complexity index is 1030. The van der Waals surface area contributed by atoms with Gasteiger partial charge in [-0.3, -0.25) is 0 Å². The van der Waals surface area contributed by atoms with E-state index >= 15 is 0 Å².